The fourth-order valence-electron chi connectivity index (χ4n) is 2.18. The van der Waals surface area contributed by atoms with Crippen LogP contribution in [0.5, 0.6) is 0 Å². The van der Waals surface area contributed by atoms with Gasteiger partial charge < -0.3 is 14.6 Å². The molecular weight excluding hydrogens is 244 g/mol. The molecule has 106 valence electrons. The Bertz CT molecular complexity index is 428. The quantitative estimate of drug-likeness (QED) is 0.850. The third kappa shape index (κ3) is 4.35. The van der Waals surface area contributed by atoms with E-state index in [-0.39, 0.29) is 5.69 Å². The van der Waals surface area contributed by atoms with E-state index in [1.165, 1.54) is 12.8 Å². The number of ether oxygens (including phenoxy) is 1. The van der Waals surface area contributed by atoms with Crippen molar-refractivity contribution in [1.29, 1.82) is 0 Å². The monoisotopic (exact) mass is 266 g/mol. The van der Waals surface area contributed by atoms with Gasteiger partial charge in [0, 0.05) is 18.5 Å². The van der Waals surface area contributed by atoms with Crippen LogP contribution >= 0.6 is 0 Å². The first-order valence-electron chi connectivity index (χ1n) is 6.86. The topological polar surface area (TPSA) is 64.4 Å². The summed E-state index contributed by atoms with van der Waals surface area (Å²) in [6, 6.07) is 2.11. The van der Waals surface area contributed by atoms with Gasteiger partial charge in [0.05, 0.1) is 0 Å². The molecule has 2 heterocycles. The van der Waals surface area contributed by atoms with Crippen LogP contribution in [-0.2, 0) is 11.2 Å². The number of nitrogens with one attached hydrogen (secondary N) is 1. The van der Waals surface area contributed by atoms with Gasteiger partial charge in [-0.2, -0.15) is 0 Å². The maximum atomic E-state index is 11.8. The van der Waals surface area contributed by atoms with Crippen LogP contribution in [0.4, 0.5) is 0 Å². The fraction of sp³-hybridized carbons (Fsp3) is 0.714. The summed E-state index contributed by atoms with van der Waals surface area (Å²) in [7, 11) is 0. The standard InChI is InChI=1S/C14H22N2O3/c1-14(2,3)18-13(17)12-9-11(19-16-12)8-10-6-4-5-7-15-10/h9-10,15H,4-8H2,1-3H3. The number of hydrogen-bond donors (Lipinski definition) is 1. The second-order valence-corrected chi connectivity index (χ2v) is 6.03. The average molecular weight is 266 g/mol. The van der Waals surface area contributed by atoms with Crippen molar-refractivity contribution in [3.8, 4) is 0 Å². The number of nitrogens with zero attached hydrogens (tertiary/aromatic N) is 1. The molecule has 1 aliphatic heterocycles. The lowest BCUT2D eigenvalue weighted by atomic mass is 10.0. The Morgan fingerprint density at radius 3 is 2.95 bits per heavy atom. The molecule has 5 heteroatoms. The predicted octanol–water partition coefficient (Wildman–Crippen LogP) is 2.31. The third-order valence-corrected chi connectivity index (χ3v) is 3.03. The smallest absolute Gasteiger partial charge is 0.361 e. The molecule has 19 heavy (non-hydrogen) atoms. The fourth-order valence-corrected chi connectivity index (χ4v) is 2.18. The summed E-state index contributed by atoms with van der Waals surface area (Å²) in [6.07, 6.45) is 4.39. The van der Waals surface area contributed by atoms with E-state index in [9.17, 15) is 4.79 Å². The molecule has 0 bridgehead atoms. The Morgan fingerprint density at radius 2 is 2.32 bits per heavy atom. The van der Waals surface area contributed by atoms with E-state index >= 15 is 0 Å². The zero-order valence-electron chi connectivity index (χ0n) is 11.9. The molecule has 1 aromatic rings. The molecule has 2 rings (SSSR count). The van der Waals surface area contributed by atoms with Crippen molar-refractivity contribution in [2.24, 2.45) is 0 Å². The summed E-state index contributed by atoms with van der Waals surface area (Å²) in [5.74, 6) is 0.305. The zero-order valence-corrected chi connectivity index (χ0v) is 11.9. The molecule has 1 N–H and O–H groups in total. The number of esters is 1. The zero-order chi connectivity index (χ0) is 13.9. The second kappa shape index (κ2) is 5.74. The maximum Gasteiger partial charge on any atom is 0.361 e. The summed E-state index contributed by atoms with van der Waals surface area (Å²) in [4.78, 5) is 11.8. The van der Waals surface area contributed by atoms with Crippen molar-refractivity contribution >= 4 is 5.97 Å². The number of carbonyl (C=O) groups excluding carboxylic acids is 1. The average Bonchev–Trinajstić information content (AvgIpc) is 2.77. The van der Waals surface area contributed by atoms with E-state index in [1.807, 2.05) is 20.8 Å². The van der Waals surface area contributed by atoms with Gasteiger partial charge in [-0.25, -0.2) is 4.79 Å². The Hall–Kier alpha value is -1.36. The van der Waals surface area contributed by atoms with Crippen LogP contribution in [0.3, 0.4) is 0 Å². The molecule has 1 atom stereocenters. The van der Waals surface area contributed by atoms with Crippen molar-refractivity contribution in [3.05, 3.63) is 17.5 Å². The molecule has 1 unspecified atom stereocenters. The molecule has 0 saturated carbocycles. The lowest BCUT2D eigenvalue weighted by Crippen LogP contribution is -2.35. The van der Waals surface area contributed by atoms with Crippen LogP contribution in [0.2, 0.25) is 0 Å². The van der Waals surface area contributed by atoms with E-state index in [0.717, 1.165) is 25.1 Å². The van der Waals surface area contributed by atoms with Crippen LogP contribution in [-0.4, -0.2) is 29.3 Å². The lowest BCUT2D eigenvalue weighted by molar-refractivity contribution is 0.00588. The number of aromatic nitrogens is 1. The van der Waals surface area contributed by atoms with E-state index in [1.54, 1.807) is 6.07 Å². The number of piperidine rings is 1. The summed E-state index contributed by atoms with van der Waals surface area (Å²) in [5, 5.41) is 7.23. The van der Waals surface area contributed by atoms with Crippen LogP contribution in [0.15, 0.2) is 10.6 Å². The summed E-state index contributed by atoms with van der Waals surface area (Å²) in [5.41, 5.74) is -0.262. The van der Waals surface area contributed by atoms with E-state index in [2.05, 4.69) is 10.5 Å². The third-order valence-electron chi connectivity index (χ3n) is 3.03. The Kier molecular flexibility index (Phi) is 4.24. The van der Waals surface area contributed by atoms with Crippen LogP contribution in [0.1, 0.15) is 56.3 Å². The van der Waals surface area contributed by atoms with Gasteiger partial charge in [-0.05, 0) is 40.2 Å². The maximum absolute atomic E-state index is 11.8. The van der Waals surface area contributed by atoms with Gasteiger partial charge in [0.2, 0.25) is 0 Å². The highest BCUT2D eigenvalue weighted by Gasteiger charge is 2.22. The first-order valence-corrected chi connectivity index (χ1v) is 6.86. The van der Waals surface area contributed by atoms with Crippen molar-refractivity contribution < 1.29 is 14.1 Å². The Balaban J connectivity index is 1.92. The molecule has 0 radical (unpaired) electrons. The SMILES string of the molecule is CC(C)(C)OC(=O)c1cc(CC2CCCCN2)on1. The highest BCUT2D eigenvalue weighted by Crippen LogP contribution is 2.16. The highest BCUT2D eigenvalue weighted by atomic mass is 16.6. The second-order valence-electron chi connectivity index (χ2n) is 6.03. The molecule has 0 aromatic carbocycles. The first kappa shape index (κ1) is 14.1. The molecule has 0 aliphatic carbocycles. The van der Waals surface area contributed by atoms with Crippen LogP contribution in [0, 0.1) is 0 Å². The van der Waals surface area contributed by atoms with Gasteiger partial charge in [-0.1, -0.05) is 11.6 Å². The van der Waals surface area contributed by atoms with Crippen molar-refractivity contribution in [1.82, 2.24) is 10.5 Å². The number of carbonyl (C=O) groups is 1. The predicted molar refractivity (Wildman–Crippen MR) is 71.0 cm³/mol. The van der Waals surface area contributed by atoms with E-state index in [0.29, 0.717) is 6.04 Å². The lowest BCUT2D eigenvalue weighted by Gasteiger charge is -2.21. The van der Waals surface area contributed by atoms with Crippen LogP contribution in [0.25, 0.3) is 0 Å². The van der Waals surface area contributed by atoms with Gasteiger partial charge in [-0.15, -0.1) is 0 Å². The molecule has 1 fully saturated rings. The highest BCUT2D eigenvalue weighted by molar-refractivity contribution is 5.87. The normalized spacial score (nSPS) is 20.3. The first-order chi connectivity index (χ1) is 8.94. The minimum absolute atomic E-state index is 0.251. The van der Waals surface area contributed by atoms with Crippen molar-refractivity contribution in [2.45, 2.75) is 58.1 Å². The van der Waals surface area contributed by atoms with Crippen molar-refractivity contribution in [3.63, 3.8) is 0 Å². The van der Waals surface area contributed by atoms with Gasteiger partial charge in [0.15, 0.2) is 5.69 Å². The number of rotatable bonds is 3. The van der Waals surface area contributed by atoms with Gasteiger partial charge >= 0.3 is 5.97 Å². The van der Waals surface area contributed by atoms with Gasteiger partial charge in [0.25, 0.3) is 0 Å². The van der Waals surface area contributed by atoms with Gasteiger partial charge in [-0.3, -0.25) is 0 Å². The van der Waals surface area contributed by atoms with Gasteiger partial charge in [0.1, 0.15) is 11.4 Å². The Morgan fingerprint density at radius 1 is 1.53 bits per heavy atom. The van der Waals surface area contributed by atoms with E-state index < -0.39 is 11.6 Å². The molecule has 0 spiro atoms. The molecule has 1 aromatic heterocycles. The summed E-state index contributed by atoms with van der Waals surface area (Å²) in [6.45, 7) is 6.55. The number of hydrogen-bond acceptors (Lipinski definition) is 5. The molecule has 0 amide bonds. The van der Waals surface area contributed by atoms with E-state index in [4.69, 9.17) is 9.26 Å². The summed E-state index contributed by atoms with van der Waals surface area (Å²) >= 11 is 0. The Labute approximate surface area is 113 Å². The molecule has 1 aliphatic rings. The molecule has 1 saturated heterocycles. The largest absolute Gasteiger partial charge is 0.455 e. The van der Waals surface area contributed by atoms with Crippen LogP contribution < -0.4 is 5.32 Å². The summed E-state index contributed by atoms with van der Waals surface area (Å²) < 4.78 is 10.5. The minimum atomic E-state index is -0.513. The minimum Gasteiger partial charge on any atom is -0.455 e. The molecule has 5 nitrogen and oxygen atoms in total. The molecular formula is C14H22N2O3. The van der Waals surface area contributed by atoms with Crippen molar-refractivity contribution in [2.75, 3.05) is 6.54 Å².